The average molecular weight is 477 g/mol. The fourth-order valence-electron chi connectivity index (χ4n) is 3.91. The summed E-state index contributed by atoms with van der Waals surface area (Å²) in [5.41, 5.74) is 1.78. The Balaban J connectivity index is 1.54. The molecule has 160 valence electrons. The molecule has 30 heavy (non-hydrogen) atoms. The molecule has 8 heteroatoms. The van der Waals surface area contributed by atoms with E-state index in [1.54, 1.807) is 30.2 Å². The van der Waals surface area contributed by atoms with E-state index in [0.717, 1.165) is 31.6 Å². The zero-order valence-corrected chi connectivity index (χ0v) is 18.8. The smallest absolute Gasteiger partial charge is 0.163 e. The maximum Gasteiger partial charge on any atom is 0.163 e. The predicted octanol–water partition coefficient (Wildman–Crippen LogP) is 4.53. The van der Waals surface area contributed by atoms with Crippen molar-refractivity contribution in [2.45, 2.75) is 12.8 Å². The number of nitrogens with zero attached hydrogens (tertiary/aromatic N) is 2. The molecule has 0 radical (unpaired) electrons. The summed E-state index contributed by atoms with van der Waals surface area (Å²) in [5, 5.41) is 11.9. The lowest BCUT2D eigenvalue weighted by Crippen LogP contribution is -2.40. The van der Waals surface area contributed by atoms with Crippen molar-refractivity contribution in [2.24, 2.45) is 5.92 Å². The molecule has 0 atom stereocenters. The van der Waals surface area contributed by atoms with Crippen molar-refractivity contribution < 1.29 is 13.9 Å². The van der Waals surface area contributed by atoms with Gasteiger partial charge in [-0.3, -0.25) is 5.41 Å². The van der Waals surface area contributed by atoms with Gasteiger partial charge in [0.15, 0.2) is 11.5 Å². The molecule has 4 rings (SSSR count). The number of benzene rings is 2. The first-order valence-electron chi connectivity index (χ1n) is 10.0. The number of piperidine rings is 1. The van der Waals surface area contributed by atoms with Gasteiger partial charge < -0.3 is 24.6 Å². The van der Waals surface area contributed by atoms with E-state index in [0.29, 0.717) is 46.4 Å². The van der Waals surface area contributed by atoms with Gasteiger partial charge in [-0.1, -0.05) is 15.9 Å². The van der Waals surface area contributed by atoms with Crippen LogP contribution in [0.15, 0.2) is 34.8 Å². The molecule has 2 heterocycles. The number of fused-ring (bicyclic) bond motifs is 1. The molecule has 2 aromatic carbocycles. The topological polar surface area (TPSA) is 60.8 Å². The van der Waals surface area contributed by atoms with E-state index in [1.165, 1.54) is 6.07 Å². The number of nitrogens with one attached hydrogen (secondary N) is 2. The molecular weight excluding hydrogens is 451 g/mol. The highest BCUT2D eigenvalue weighted by molar-refractivity contribution is 9.10. The highest BCUT2D eigenvalue weighted by Gasteiger charge is 2.27. The van der Waals surface area contributed by atoms with Crippen molar-refractivity contribution in [3.05, 3.63) is 46.2 Å². The average Bonchev–Trinajstić information content (AvgIpc) is 2.74. The number of anilines is 2. The first-order chi connectivity index (χ1) is 14.5. The van der Waals surface area contributed by atoms with E-state index in [1.807, 2.05) is 6.07 Å². The Morgan fingerprint density at radius 2 is 1.97 bits per heavy atom. The number of methoxy groups -OCH3 is 1. The second kappa shape index (κ2) is 8.81. The number of amidine groups is 1. The van der Waals surface area contributed by atoms with Gasteiger partial charge in [0.2, 0.25) is 0 Å². The van der Waals surface area contributed by atoms with E-state index in [4.69, 9.17) is 14.9 Å². The van der Waals surface area contributed by atoms with Gasteiger partial charge in [-0.15, -0.1) is 0 Å². The Kier molecular flexibility index (Phi) is 6.15. The van der Waals surface area contributed by atoms with Gasteiger partial charge in [0.05, 0.1) is 31.8 Å². The summed E-state index contributed by atoms with van der Waals surface area (Å²) in [7, 11) is 3.74. The molecule has 0 aliphatic carbocycles. The number of hydrogen-bond acceptors (Lipinski definition) is 5. The second-order valence-electron chi connectivity index (χ2n) is 7.81. The van der Waals surface area contributed by atoms with Crippen LogP contribution < -0.4 is 19.7 Å². The van der Waals surface area contributed by atoms with E-state index in [9.17, 15) is 4.39 Å². The van der Waals surface area contributed by atoms with Gasteiger partial charge in [0.25, 0.3) is 0 Å². The van der Waals surface area contributed by atoms with Gasteiger partial charge >= 0.3 is 0 Å². The van der Waals surface area contributed by atoms with Gasteiger partial charge in [-0.2, -0.15) is 0 Å². The number of ether oxygens (including phenoxy) is 2. The first kappa shape index (κ1) is 20.9. The van der Waals surface area contributed by atoms with Crippen LogP contribution in [0.3, 0.4) is 0 Å². The molecule has 2 aliphatic rings. The van der Waals surface area contributed by atoms with Crippen LogP contribution in [0.1, 0.15) is 18.4 Å². The lowest BCUT2D eigenvalue weighted by molar-refractivity contribution is 0.157. The third-order valence-electron chi connectivity index (χ3n) is 5.77. The highest BCUT2D eigenvalue weighted by Crippen LogP contribution is 2.38. The van der Waals surface area contributed by atoms with Crippen molar-refractivity contribution >= 4 is 33.1 Å². The van der Waals surface area contributed by atoms with E-state index in [-0.39, 0.29) is 11.7 Å². The Bertz CT molecular complexity index is 947. The predicted molar refractivity (Wildman–Crippen MR) is 121 cm³/mol. The molecule has 0 bridgehead atoms. The van der Waals surface area contributed by atoms with E-state index < -0.39 is 0 Å². The summed E-state index contributed by atoms with van der Waals surface area (Å²) < 4.78 is 26.8. The Hall–Kier alpha value is -2.32. The van der Waals surface area contributed by atoms with Crippen LogP contribution in [0.2, 0.25) is 0 Å². The minimum absolute atomic E-state index is 0.213. The van der Waals surface area contributed by atoms with Gasteiger partial charge in [0.1, 0.15) is 11.7 Å². The standard InChI is InChI=1S/C22H26BrFN4O2/c1-27-7-5-14(6-8-27)12-30-21-11-18-16(10-20(21)29-2)22(25)28(13-26-18)19-4-3-15(23)9-17(19)24/h3-4,9-11,14,25-26H,5-8,12-13H2,1-2H3. The Morgan fingerprint density at radius 3 is 2.67 bits per heavy atom. The lowest BCUT2D eigenvalue weighted by atomic mass is 9.98. The van der Waals surface area contributed by atoms with Crippen molar-refractivity contribution in [2.75, 3.05) is 50.7 Å². The van der Waals surface area contributed by atoms with Crippen molar-refractivity contribution in [1.29, 1.82) is 5.41 Å². The molecule has 6 nitrogen and oxygen atoms in total. The van der Waals surface area contributed by atoms with Crippen LogP contribution in [-0.2, 0) is 0 Å². The molecule has 0 aromatic heterocycles. The summed E-state index contributed by atoms with van der Waals surface area (Å²) in [5.74, 6) is 1.60. The minimum Gasteiger partial charge on any atom is -0.493 e. The maximum atomic E-state index is 14.5. The molecule has 0 spiro atoms. The fraction of sp³-hybridized carbons (Fsp3) is 0.409. The van der Waals surface area contributed by atoms with Gasteiger partial charge in [0, 0.05) is 16.1 Å². The molecule has 2 aromatic rings. The van der Waals surface area contributed by atoms with Crippen LogP contribution in [0.25, 0.3) is 0 Å². The monoisotopic (exact) mass is 476 g/mol. The molecule has 0 amide bonds. The summed E-state index contributed by atoms with van der Waals surface area (Å²) in [6.45, 7) is 3.13. The molecular formula is C22H26BrFN4O2. The third-order valence-corrected chi connectivity index (χ3v) is 6.26. The maximum absolute atomic E-state index is 14.5. The van der Waals surface area contributed by atoms with E-state index in [2.05, 4.69) is 33.2 Å². The summed E-state index contributed by atoms with van der Waals surface area (Å²) >= 11 is 3.27. The quantitative estimate of drug-likeness (QED) is 0.663. The molecule has 1 saturated heterocycles. The normalized spacial score (nSPS) is 17.5. The zero-order chi connectivity index (χ0) is 21.3. The van der Waals surface area contributed by atoms with Crippen LogP contribution in [0, 0.1) is 17.1 Å². The minimum atomic E-state index is -0.385. The molecule has 1 fully saturated rings. The Morgan fingerprint density at radius 1 is 1.20 bits per heavy atom. The summed E-state index contributed by atoms with van der Waals surface area (Å²) in [4.78, 5) is 3.94. The molecule has 2 aliphatic heterocycles. The van der Waals surface area contributed by atoms with Gasteiger partial charge in [-0.05, 0) is 63.2 Å². The number of halogens is 2. The first-order valence-corrected chi connectivity index (χ1v) is 10.8. The Labute approximate surface area is 184 Å². The number of likely N-dealkylation sites (tertiary alicyclic amines) is 1. The highest BCUT2D eigenvalue weighted by atomic mass is 79.9. The summed E-state index contributed by atoms with van der Waals surface area (Å²) in [6, 6.07) is 8.50. The zero-order valence-electron chi connectivity index (χ0n) is 17.2. The van der Waals surface area contributed by atoms with E-state index >= 15 is 0 Å². The fourth-order valence-corrected chi connectivity index (χ4v) is 4.24. The van der Waals surface area contributed by atoms with Crippen LogP contribution >= 0.6 is 15.9 Å². The largest absolute Gasteiger partial charge is 0.493 e. The van der Waals surface area contributed by atoms with Crippen LogP contribution in [0.4, 0.5) is 15.8 Å². The SMILES string of the molecule is COc1cc2c(cc1OCC1CCN(C)CC1)NCN(c1ccc(Br)cc1F)C2=N. The lowest BCUT2D eigenvalue weighted by Gasteiger charge is -2.33. The second-order valence-corrected chi connectivity index (χ2v) is 8.73. The number of rotatable bonds is 5. The molecule has 0 unspecified atom stereocenters. The van der Waals surface area contributed by atoms with Crippen LogP contribution in [-0.4, -0.2) is 51.3 Å². The van der Waals surface area contributed by atoms with Crippen molar-refractivity contribution in [1.82, 2.24) is 4.90 Å². The molecule has 2 N–H and O–H groups in total. The summed E-state index contributed by atoms with van der Waals surface area (Å²) in [6.07, 6.45) is 2.25. The van der Waals surface area contributed by atoms with Crippen molar-refractivity contribution in [3.63, 3.8) is 0 Å². The van der Waals surface area contributed by atoms with Crippen LogP contribution in [0.5, 0.6) is 11.5 Å². The number of hydrogen-bond donors (Lipinski definition) is 2. The third kappa shape index (κ3) is 4.25. The van der Waals surface area contributed by atoms with Crippen molar-refractivity contribution in [3.8, 4) is 11.5 Å². The van der Waals surface area contributed by atoms with Gasteiger partial charge in [-0.25, -0.2) is 4.39 Å². The molecule has 0 saturated carbocycles.